The Morgan fingerprint density at radius 3 is 2.28 bits per heavy atom. The van der Waals surface area contributed by atoms with Gasteiger partial charge in [0.05, 0.1) is 13.2 Å². The van der Waals surface area contributed by atoms with Crippen molar-refractivity contribution in [1.29, 1.82) is 0 Å². The van der Waals surface area contributed by atoms with Gasteiger partial charge in [-0.3, -0.25) is 0 Å². The van der Waals surface area contributed by atoms with Crippen molar-refractivity contribution in [2.75, 3.05) is 19.8 Å². The van der Waals surface area contributed by atoms with Crippen LogP contribution in [-0.4, -0.2) is 24.9 Å². The van der Waals surface area contributed by atoms with Crippen LogP contribution in [0.4, 0.5) is 8.78 Å². The largest absolute Gasteiger partial charge is 0.485 e. The monoisotopic (exact) mass is 260 g/mol. The van der Waals surface area contributed by atoms with Crippen LogP contribution in [0.25, 0.3) is 0 Å². The second kappa shape index (κ2) is 7.28. The molecular formula is C13H18F2O3. The molecule has 0 saturated heterocycles. The van der Waals surface area contributed by atoms with E-state index in [0.29, 0.717) is 12.5 Å². The SMILES string of the molecule is CC(C)COCCOc1c(F)cc(CO)cc1F. The molecule has 0 spiro atoms. The zero-order chi connectivity index (χ0) is 13.5. The Morgan fingerprint density at radius 2 is 1.78 bits per heavy atom. The summed E-state index contributed by atoms with van der Waals surface area (Å²) >= 11 is 0. The molecule has 1 aromatic carbocycles. The Labute approximate surface area is 105 Å². The number of benzene rings is 1. The van der Waals surface area contributed by atoms with Crippen molar-refractivity contribution in [2.45, 2.75) is 20.5 Å². The van der Waals surface area contributed by atoms with E-state index in [1.807, 2.05) is 13.8 Å². The minimum atomic E-state index is -0.817. The van der Waals surface area contributed by atoms with Crippen LogP contribution < -0.4 is 4.74 Å². The van der Waals surface area contributed by atoms with Crippen LogP contribution in [0.2, 0.25) is 0 Å². The molecule has 0 bridgehead atoms. The molecule has 0 heterocycles. The summed E-state index contributed by atoms with van der Waals surface area (Å²) in [6.07, 6.45) is 0. The summed E-state index contributed by atoms with van der Waals surface area (Å²) in [6.45, 7) is 4.54. The highest BCUT2D eigenvalue weighted by molar-refractivity contribution is 5.31. The van der Waals surface area contributed by atoms with Gasteiger partial charge < -0.3 is 14.6 Å². The Morgan fingerprint density at radius 1 is 1.17 bits per heavy atom. The molecule has 0 radical (unpaired) electrons. The lowest BCUT2D eigenvalue weighted by atomic mass is 10.2. The Hall–Kier alpha value is -1.20. The fourth-order valence-electron chi connectivity index (χ4n) is 1.36. The first kappa shape index (κ1) is 14.9. The molecule has 3 nitrogen and oxygen atoms in total. The van der Waals surface area contributed by atoms with Crippen LogP contribution in [0, 0.1) is 17.6 Å². The van der Waals surface area contributed by atoms with E-state index >= 15 is 0 Å². The summed E-state index contributed by atoms with van der Waals surface area (Å²) < 4.78 is 37.1. The van der Waals surface area contributed by atoms with E-state index in [2.05, 4.69) is 0 Å². The molecular weight excluding hydrogens is 242 g/mol. The van der Waals surface area contributed by atoms with Gasteiger partial charge in [0.15, 0.2) is 17.4 Å². The molecule has 0 atom stereocenters. The maximum atomic E-state index is 13.4. The Bertz CT molecular complexity index is 357. The third-order valence-corrected chi connectivity index (χ3v) is 2.17. The molecule has 1 N–H and O–H groups in total. The van der Waals surface area contributed by atoms with Gasteiger partial charge in [-0.25, -0.2) is 8.78 Å². The van der Waals surface area contributed by atoms with Gasteiger partial charge in [0.2, 0.25) is 0 Å². The Kier molecular flexibility index (Phi) is 6.01. The van der Waals surface area contributed by atoms with E-state index in [1.165, 1.54) is 0 Å². The van der Waals surface area contributed by atoms with Crippen molar-refractivity contribution in [3.8, 4) is 5.75 Å². The quantitative estimate of drug-likeness (QED) is 0.766. The third kappa shape index (κ3) is 4.58. The average Bonchev–Trinajstić information content (AvgIpc) is 2.31. The van der Waals surface area contributed by atoms with Crippen LogP contribution >= 0.6 is 0 Å². The maximum absolute atomic E-state index is 13.4. The molecule has 5 heteroatoms. The summed E-state index contributed by atoms with van der Waals surface area (Å²) in [5, 5.41) is 8.78. The highest BCUT2D eigenvalue weighted by Gasteiger charge is 2.12. The molecule has 0 aliphatic carbocycles. The summed E-state index contributed by atoms with van der Waals surface area (Å²) in [7, 11) is 0. The molecule has 1 aromatic rings. The standard InChI is InChI=1S/C13H18F2O3/c1-9(2)8-17-3-4-18-13-11(14)5-10(7-16)6-12(13)15/h5-6,9,16H,3-4,7-8H2,1-2H3. The van der Waals surface area contributed by atoms with E-state index in [4.69, 9.17) is 14.6 Å². The van der Waals surface area contributed by atoms with Gasteiger partial charge in [-0.05, 0) is 23.6 Å². The van der Waals surface area contributed by atoms with Crippen molar-refractivity contribution < 1.29 is 23.4 Å². The van der Waals surface area contributed by atoms with Gasteiger partial charge in [-0.15, -0.1) is 0 Å². The van der Waals surface area contributed by atoms with Crippen LogP contribution in [-0.2, 0) is 11.3 Å². The molecule has 0 aliphatic heterocycles. The zero-order valence-corrected chi connectivity index (χ0v) is 10.6. The lowest BCUT2D eigenvalue weighted by Crippen LogP contribution is -2.11. The second-order valence-corrected chi connectivity index (χ2v) is 4.36. The van der Waals surface area contributed by atoms with Gasteiger partial charge in [-0.2, -0.15) is 0 Å². The van der Waals surface area contributed by atoms with E-state index in [9.17, 15) is 8.78 Å². The molecule has 1 rings (SSSR count). The van der Waals surface area contributed by atoms with Gasteiger partial charge in [0.25, 0.3) is 0 Å². The van der Waals surface area contributed by atoms with Gasteiger partial charge in [0.1, 0.15) is 6.61 Å². The highest BCUT2D eigenvalue weighted by atomic mass is 19.1. The molecule has 102 valence electrons. The molecule has 0 amide bonds. The number of aliphatic hydroxyl groups excluding tert-OH is 1. The van der Waals surface area contributed by atoms with Crippen LogP contribution in [0.1, 0.15) is 19.4 Å². The second-order valence-electron chi connectivity index (χ2n) is 4.36. The van der Waals surface area contributed by atoms with Crippen LogP contribution in [0.3, 0.4) is 0 Å². The minimum Gasteiger partial charge on any atom is -0.485 e. The number of ether oxygens (including phenoxy) is 2. The smallest absolute Gasteiger partial charge is 0.190 e. The van der Waals surface area contributed by atoms with E-state index < -0.39 is 24.0 Å². The molecule has 0 fully saturated rings. The van der Waals surface area contributed by atoms with Crippen molar-refractivity contribution in [2.24, 2.45) is 5.92 Å². The predicted molar refractivity (Wildman–Crippen MR) is 63.4 cm³/mol. The first-order valence-corrected chi connectivity index (χ1v) is 5.84. The summed E-state index contributed by atoms with van der Waals surface area (Å²) in [5.41, 5.74) is 0.174. The molecule has 0 aliphatic rings. The first-order chi connectivity index (χ1) is 8.54. The van der Waals surface area contributed by atoms with E-state index in [1.54, 1.807) is 0 Å². The predicted octanol–water partition coefficient (Wildman–Crippen LogP) is 2.51. The number of hydrogen-bond acceptors (Lipinski definition) is 3. The first-order valence-electron chi connectivity index (χ1n) is 5.84. The normalized spacial score (nSPS) is 11.0. The molecule has 0 saturated carbocycles. The highest BCUT2D eigenvalue weighted by Crippen LogP contribution is 2.23. The molecule has 0 unspecified atom stereocenters. The molecule has 0 aromatic heterocycles. The zero-order valence-electron chi connectivity index (χ0n) is 10.6. The molecule has 18 heavy (non-hydrogen) atoms. The van der Waals surface area contributed by atoms with Crippen molar-refractivity contribution in [3.63, 3.8) is 0 Å². The van der Waals surface area contributed by atoms with Crippen molar-refractivity contribution in [1.82, 2.24) is 0 Å². The van der Waals surface area contributed by atoms with Gasteiger partial charge in [0, 0.05) is 6.61 Å². The van der Waals surface area contributed by atoms with E-state index in [0.717, 1.165) is 12.1 Å². The number of hydrogen-bond donors (Lipinski definition) is 1. The number of halogens is 2. The number of rotatable bonds is 7. The topological polar surface area (TPSA) is 38.7 Å². The lowest BCUT2D eigenvalue weighted by Gasteiger charge is -2.10. The van der Waals surface area contributed by atoms with Crippen molar-refractivity contribution >= 4 is 0 Å². The van der Waals surface area contributed by atoms with Crippen molar-refractivity contribution in [3.05, 3.63) is 29.3 Å². The Balaban J connectivity index is 2.47. The fourth-order valence-corrected chi connectivity index (χ4v) is 1.36. The van der Waals surface area contributed by atoms with Gasteiger partial charge >= 0.3 is 0 Å². The lowest BCUT2D eigenvalue weighted by molar-refractivity contribution is 0.0795. The maximum Gasteiger partial charge on any atom is 0.190 e. The van der Waals surface area contributed by atoms with E-state index in [-0.39, 0.29) is 18.8 Å². The summed E-state index contributed by atoms with van der Waals surface area (Å²) in [6, 6.07) is 2.10. The summed E-state index contributed by atoms with van der Waals surface area (Å²) in [4.78, 5) is 0. The van der Waals surface area contributed by atoms with Crippen LogP contribution in [0.15, 0.2) is 12.1 Å². The minimum absolute atomic E-state index is 0.0824. The fraction of sp³-hybridized carbons (Fsp3) is 0.538. The van der Waals surface area contributed by atoms with Crippen LogP contribution in [0.5, 0.6) is 5.75 Å². The van der Waals surface area contributed by atoms with Gasteiger partial charge in [-0.1, -0.05) is 13.8 Å². The number of aliphatic hydroxyl groups is 1. The summed E-state index contributed by atoms with van der Waals surface area (Å²) in [5.74, 6) is -1.66. The average molecular weight is 260 g/mol. The third-order valence-electron chi connectivity index (χ3n) is 2.17.